The molecule has 3 rings (SSSR count). The smallest absolute Gasteiger partial charge is 0.227 e. The van der Waals surface area contributed by atoms with Crippen LogP contribution in [-0.2, 0) is 14.3 Å². The number of ether oxygens (including phenoxy) is 1. The van der Waals surface area contributed by atoms with E-state index in [0.29, 0.717) is 6.54 Å². The molecule has 130 valence electrons. The monoisotopic (exact) mass is 335 g/mol. The lowest BCUT2D eigenvalue weighted by molar-refractivity contribution is -0.126. The van der Waals surface area contributed by atoms with Crippen LogP contribution in [0.2, 0.25) is 0 Å². The number of nitrogens with one attached hydrogen (secondary N) is 1. The van der Waals surface area contributed by atoms with Crippen molar-refractivity contribution in [1.82, 2.24) is 10.2 Å². The minimum Gasteiger partial charge on any atom is -0.379 e. The van der Waals surface area contributed by atoms with Crippen LogP contribution in [0.25, 0.3) is 0 Å². The van der Waals surface area contributed by atoms with Crippen LogP contribution in [-0.4, -0.2) is 62.7 Å². The van der Waals surface area contributed by atoms with Crippen molar-refractivity contribution in [2.24, 2.45) is 5.92 Å². The Balaban J connectivity index is 1.49. The van der Waals surface area contributed by atoms with Crippen LogP contribution in [0.5, 0.6) is 0 Å². The molecule has 2 amide bonds. The van der Waals surface area contributed by atoms with Crippen LogP contribution < -0.4 is 10.2 Å². The van der Waals surface area contributed by atoms with Gasteiger partial charge in [-0.3, -0.25) is 14.5 Å². The SMILES string of the molecule is O=C(NCCN1CCOCC1)[C@H]1CC(=O)N(c2ccccc2F)C1. The number of para-hydroxylation sites is 1. The lowest BCUT2D eigenvalue weighted by Gasteiger charge is -2.26. The zero-order chi connectivity index (χ0) is 16.9. The number of benzene rings is 1. The molecule has 7 heteroatoms. The Bertz CT molecular complexity index is 604. The van der Waals surface area contributed by atoms with E-state index in [-0.39, 0.29) is 30.5 Å². The highest BCUT2D eigenvalue weighted by Gasteiger charge is 2.35. The summed E-state index contributed by atoms with van der Waals surface area (Å²) in [6.45, 7) is 4.74. The van der Waals surface area contributed by atoms with Gasteiger partial charge >= 0.3 is 0 Å². The molecule has 2 saturated heterocycles. The van der Waals surface area contributed by atoms with Gasteiger partial charge in [-0.2, -0.15) is 0 Å². The van der Waals surface area contributed by atoms with Crippen LogP contribution in [0, 0.1) is 11.7 Å². The molecule has 6 nitrogen and oxygen atoms in total. The highest BCUT2D eigenvalue weighted by Crippen LogP contribution is 2.27. The van der Waals surface area contributed by atoms with Crippen LogP contribution in [0.15, 0.2) is 24.3 Å². The van der Waals surface area contributed by atoms with Gasteiger partial charge in [0.2, 0.25) is 11.8 Å². The summed E-state index contributed by atoms with van der Waals surface area (Å²) >= 11 is 0. The quantitative estimate of drug-likeness (QED) is 0.857. The maximum absolute atomic E-state index is 13.8. The Morgan fingerprint density at radius 1 is 1.29 bits per heavy atom. The average Bonchev–Trinajstić information content (AvgIpc) is 2.98. The second-order valence-corrected chi connectivity index (χ2v) is 6.10. The summed E-state index contributed by atoms with van der Waals surface area (Å²) in [6.07, 6.45) is 0.123. The van der Waals surface area contributed by atoms with E-state index in [1.807, 2.05) is 0 Å². The zero-order valence-electron chi connectivity index (χ0n) is 13.5. The molecule has 1 atom stereocenters. The number of carbonyl (C=O) groups is 2. The summed E-state index contributed by atoms with van der Waals surface area (Å²) in [5, 5.41) is 2.89. The standard InChI is InChI=1S/C17H22FN3O3/c18-14-3-1-2-4-15(14)21-12-13(11-16(21)22)17(23)19-5-6-20-7-9-24-10-8-20/h1-4,13H,5-12H2,(H,19,23)/t13-/m0/s1. The first kappa shape index (κ1) is 16.9. The molecular weight excluding hydrogens is 313 g/mol. The Labute approximate surface area is 140 Å². The Hall–Kier alpha value is -1.99. The van der Waals surface area contributed by atoms with Gasteiger partial charge in [0.1, 0.15) is 5.82 Å². The largest absolute Gasteiger partial charge is 0.379 e. The molecule has 2 aliphatic rings. The Kier molecular flexibility index (Phi) is 5.42. The normalized spacial score (nSPS) is 22.0. The van der Waals surface area contributed by atoms with E-state index in [2.05, 4.69) is 10.2 Å². The van der Waals surface area contributed by atoms with Gasteiger partial charge in [-0.05, 0) is 12.1 Å². The second-order valence-electron chi connectivity index (χ2n) is 6.10. The van der Waals surface area contributed by atoms with Gasteiger partial charge in [-0.15, -0.1) is 0 Å². The molecule has 24 heavy (non-hydrogen) atoms. The maximum Gasteiger partial charge on any atom is 0.227 e. The van der Waals surface area contributed by atoms with E-state index in [1.54, 1.807) is 18.2 Å². The molecule has 0 radical (unpaired) electrons. The number of amides is 2. The van der Waals surface area contributed by atoms with E-state index >= 15 is 0 Å². The second kappa shape index (κ2) is 7.72. The molecule has 0 unspecified atom stereocenters. The number of rotatable bonds is 5. The number of morpholine rings is 1. The first-order valence-corrected chi connectivity index (χ1v) is 8.28. The van der Waals surface area contributed by atoms with Crippen LogP contribution in [0.4, 0.5) is 10.1 Å². The number of hydrogen-bond donors (Lipinski definition) is 1. The van der Waals surface area contributed by atoms with E-state index in [9.17, 15) is 14.0 Å². The fourth-order valence-corrected chi connectivity index (χ4v) is 3.09. The van der Waals surface area contributed by atoms with Crippen molar-refractivity contribution < 1.29 is 18.7 Å². The summed E-state index contributed by atoms with van der Waals surface area (Å²) in [7, 11) is 0. The van der Waals surface area contributed by atoms with Crippen molar-refractivity contribution in [2.45, 2.75) is 6.42 Å². The number of nitrogens with zero attached hydrogens (tertiary/aromatic N) is 2. The van der Waals surface area contributed by atoms with Gasteiger partial charge in [0.05, 0.1) is 24.8 Å². The van der Waals surface area contributed by atoms with Crippen LogP contribution in [0.1, 0.15) is 6.42 Å². The summed E-state index contributed by atoms with van der Waals surface area (Å²) in [6, 6.07) is 6.14. The molecule has 0 spiro atoms. The molecule has 0 aromatic heterocycles. The van der Waals surface area contributed by atoms with Gasteiger partial charge in [-0.25, -0.2) is 4.39 Å². The molecule has 0 bridgehead atoms. The fourth-order valence-electron chi connectivity index (χ4n) is 3.09. The Morgan fingerprint density at radius 3 is 2.79 bits per heavy atom. The van der Waals surface area contributed by atoms with Gasteiger partial charge in [0.25, 0.3) is 0 Å². The first-order chi connectivity index (χ1) is 11.6. The fraction of sp³-hybridized carbons (Fsp3) is 0.529. The minimum atomic E-state index is -0.445. The van der Waals surface area contributed by atoms with Gasteiger partial charge in [0.15, 0.2) is 0 Å². The highest BCUT2D eigenvalue weighted by molar-refractivity contribution is 6.00. The average molecular weight is 335 g/mol. The third-order valence-electron chi connectivity index (χ3n) is 4.47. The van der Waals surface area contributed by atoms with Gasteiger partial charge < -0.3 is 15.0 Å². The lowest BCUT2D eigenvalue weighted by Crippen LogP contribution is -2.42. The molecule has 2 fully saturated rings. The molecule has 1 aromatic rings. The van der Waals surface area contributed by atoms with Crippen molar-refractivity contribution in [3.63, 3.8) is 0 Å². The molecule has 1 N–H and O–H groups in total. The molecular formula is C17H22FN3O3. The van der Waals surface area contributed by atoms with Gasteiger partial charge in [0, 0.05) is 39.1 Å². The van der Waals surface area contributed by atoms with Crippen LogP contribution in [0.3, 0.4) is 0 Å². The molecule has 1 aromatic carbocycles. The lowest BCUT2D eigenvalue weighted by atomic mass is 10.1. The van der Waals surface area contributed by atoms with Crippen LogP contribution >= 0.6 is 0 Å². The van der Waals surface area contributed by atoms with E-state index < -0.39 is 11.7 Å². The first-order valence-electron chi connectivity index (χ1n) is 8.28. The predicted octanol–water partition coefficient (Wildman–Crippen LogP) is 0.627. The summed E-state index contributed by atoms with van der Waals surface area (Å²) < 4.78 is 19.1. The van der Waals surface area contributed by atoms with Gasteiger partial charge in [-0.1, -0.05) is 12.1 Å². The summed E-state index contributed by atoms with van der Waals surface area (Å²) in [4.78, 5) is 28.0. The van der Waals surface area contributed by atoms with Crippen molar-refractivity contribution in [3.05, 3.63) is 30.1 Å². The Morgan fingerprint density at radius 2 is 2.04 bits per heavy atom. The van der Waals surface area contributed by atoms with E-state index in [1.165, 1.54) is 11.0 Å². The van der Waals surface area contributed by atoms with E-state index in [4.69, 9.17) is 4.74 Å². The summed E-state index contributed by atoms with van der Waals surface area (Å²) in [5.41, 5.74) is 0.242. The third-order valence-corrected chi connectivity index (χ3v) is 4.47. The number of carbonyl (C=O) groups excluding carboxylic acids is 2. The number of anilines is 1. The maximum atomic E-state index is 13.8. The van der Waals surface area contributed by atoms with E-state index in [0.717, 1.165) is 32.8 Å². The van der Waals surface area contributed by atoms with Crippen molar-refractivity contribution >= 4 is 17.5 Å². The zero-order valence-corrected chi connectivity index (χ0v) is 13.5. The molecule has 2 heterocycles. The number of hydrogen-bond acceptors (Lipinski definition) is 4. The highest BCUT2D eigenvalue weighted by atomic mass is 19.1. The summed E-state index contributed by atoms with van der Waals surface area (Å²) in [5.74, 6) is -1.23. The topological polar surface area (TPSA) is 61.9 Å². The predicted molar refractivity (Wildman–Crippen MR) is 87.1 cm³/mol. The van der Waals surface area contributed by atoms with Crippen molar-refractivity contribution in [2.75, 3.05) is 50.8 Å². The third kappa shape index (κ3) is 3.91. The minimum absolute atomic E-state index is 0.123. The van der Waals surface area contributed by atoms with Crippen molar-refractivity contribution in [1.29, 1.82) is 0 Å². The van der Waals surface area contributed by atoms with Crippen molar-refractivity contribution in [3.8, 4) is 0 Å². The molecule has 0 aliphatic carbocycles. The molecule has 2 aliphatic heterocycles. The molecule has 0 saturated carbocycles. The number of halogens is 1.